The van der Waals surface area contributed by atoms with Crippen LogP contribution in [-0.4, -0.2) is 50.4 Å². The van der Waals surface area contributed by atoms with Crippen molar-refractivity contribution in [2.45, 2.75) is 12.1 Å². The van der Waals surface area contributed by atoms with E-state index in [0.717, 1.165) is 6.08 Å². The second-order valence-electron chi connectivity index (χ2n) is 6.43. The molecule has 3 aromatic rings. The number of carbonyl (C=O) groups is 1. The van der Waals surface area contributed by atoms with E-state index in [1.165, 1.54) is 17.0 Å². The summed E-state index contributed by atoms with van der Waals surface area (Å²) in [6.07, 6.45) is -0.289. The van der Waals surface area contributed by atoms with Crippen molar-refractivity contribution in [3.8, 4) is 17.0 Å². The number of para-hydroxylation sites is 1. The molecule has 3 heterocycles. The molecule has 1 aliphatic heterocycles. The zero-order chi connectivity index (χ0) is 19.1. The summed E-state index contributed by atoms with van der Waals surface area (Å²) < 4.78 is 29.5. The van der Waals surface area contributed by atoms with Crippen molar-refractivity contribution in [2.24, 2.45) is 0 Å². The molecule has 2 atom stereocenters. The molecule has 0 radical (unpaired) electrons. The van der Waals surface area contributed by atoms with Gasteiger partial charge in [-0.05, 0) is 24.3 Å². The van der Waals surface area contributed by atoms with Crippen molar-refractivity contribution in [2.75, 3.05) is 13.1 Å². The Bertz CT molecular complexity index is 1050. The summed E-state index contributed by atoms with van der Waals surface area (Å²) in [6.45, 7) is 3.33. The first-order valence-corrected chi connectivity index (χ1v) is 8.38. The summed E-state index contributed by atoms with van der Waals surface area (Å²) in [5.74, 6) is -1.84. The van der Waals surface area contributed by atoms with Crippen LogP contribution in [0.25, 0.3) is 22.3 Å². The standard InChI is InChI=1S/C19H16F2N4O2/c1-2-16(27)25-8-12(13(20)9-25)18-17(21)11-7-14(23-24-19(11)22-18)10-5-3-4-6-15(10)26/h2-7,12-13,26H,1,8-9H2,(H,22,24)/t12-,13+/m1/s1. The number of alkyl halides is 1. The first-order chi connectivity index (χ1) is 13.0. The highest BCUT2D eigenvalue weighted by Gasteiger charge is 2.38. The molecule has 1 amide bonds. The van der Waals surface area contributed by atoms with Gasteiger partial charge >= 0.3 is 0 Å². The summed E-state index contributed by atoms with van der Waals surface area (Å²) in [5, 5.41) is 18.1. The SMILES string of the molecule is C=CC(=O)N1C[C@H](F)[C@H](c2[nH]c3nnc(-c4ccccc4O)cc3c2F)C1. The third-order valence-electron chi connectivity index (χ3n) is 4.81. The van der Waals surface area contributed by atoms with Crippen LogP contribution in [0, 0.1) is 5.82 Å². The van der Waals surface area contributed by atoms with Gasteiger partial charge in [0.15, 0.2) is 11.5 Å². The van der Waals surface area contributed by atoms with E-state index in [1.54, 1.807) is 18.2 Å². The predicted molar refractivity (Wildman–Crippen MR) is 95.4 cm³/mol. The predicted octanol–water partition coefficient (Wildman–Crippen LogP) is 2.92. The lowest BCUT2D eigenvalue weighted by molar-refractivity contribution is -0.125. The molecule has 1 saturated heterocycles. The smallest absolute Gasteiger partial charge is 0.246 e. The Labute approximate surface area is 153 Å². The molecule has 27 heavy (non-hydrogen) atoms. The molecule has 0 bridgehead atoms. The van der Waals surface area contributed by atoms with Crippen molar-refractivity contribution in [1.29, 1.82) is 0 Å². The number of phenolic OH excluding ortho intramolecular Hbond substituents is 1. The maximum atomic E-state index is 15.0. The molecule has 1 aromatic carbocycles. The lowest BCUT2D eigenvalue weighted by atomic mass is 10.0. The monoisotopic (exact) mass is 370 g/mol. The average molecular weight is 370 g/mol. The van der Waals surface area contributed by atoms with Crippen molar-refractivity contribution < 1.29 is 18.7 Å². The van der Waals surface area contributed by atoms with Gasteiger partial charge < -0.3 is 15.0 Å². The third-order valence-corrected chi connectivity index (χ3v) is 4.81. The summed E-state index contributed by atoms with van der Waals surface area (Å²) in [6, 6.07) is 7.98. The fourth-order valence-electron chi connectivity index (χ4n) is 3.40. The molecule has 1 aliphatic rings. The number of phenols is 1. The van der Waals surface area contributed by atoms with Crippen LogP contribution in [0.2, 0.25) is 0 Å². The molecule has 138 valence electrons. The number of aromatic nitrogens is 3. The first kappa shape index (κ1) is 17.1. The molecule has 6 nitrogen and oxygen atoms in total. The molecule has 0 saturated carbocycles. The summed E-state index contributed by atoms with van der Waals surface area (Å²) >= 11 is 0. The number of hydrogen-bond acceptors (Lipinski definition) is 4. The molecule has 8 heteroatoms. The normalized spacial score (nSPS) is 19.6. The Kier molecular flexibility index (Phi) is 4.10. The van der Waals surface area contributed by atoms with E-state index < -0.39 is 23.8 Å². The minimum atomic E-state index is -1.40. The van der Waals surface area contributed by atoms with E-state index in [9.17, 15) is 14.3 Å². The topological polar surface area (TPSA) is 82.1 Å². The van der Waals surface area contributed by atoms with Crippen LogP contribution in [0.3, 0.4) is 0 Å². The minimum Gasteiger partial charge on any atom is -0.507 e. The molecule has 2 N–H and O–H groups in total. The molecule has 0 spiro atoms. The van der Waals surface area contributed by atoms with Crippen molar-refractivity contribution >= 4 is 16.9 Å². The van der Waals surface area contributed by atoms with Crippen molar-refractivity contribution in [3.63, 3.8) is 0 Å². The number of likely N-dealkylation sites (tertiary alicyclic amines) is 1. The number of aromatic hydroxyl groups is 1. The second-order valence-corrected chi connectivity index (χ2v) is 6.43. The Morgan fingerprint density at radius 2 is 2.11 bits per heavy atom. The van der Waals surface area contributed by atoms with Gasteiger partial charge in [-0.2, -0.15) is 0 Å². The summed E-state index contributed by atoms with van der Waals surface area (Å²) in [7, 11) is 0. The van der Waals surface area contributed by atoms with E-state index in [-0.39, 0.29) is 35.6 Å². The Hall–Kier alpha value is -3.29. The Morgan fingerprint density at radius 1 is 1.33 bits per heavy atom. The first-order valence-electron chi connectivity index (χ1n) is 8.38. The minimum absolute atomic E-state index is 0.000474. The fourth-order valence-corrected chi connectivity index (χ4v) is 3.40. The van der Waals surface area contributed by atoms with Crippen LogP contribution in [0.15, 0.2) is 43.0 Å². The quantitative estimate of drug-likeness (QED) is 0.695. The van der Waals surface area contributed by atoms with Gasteiger partial charge in [-0.25, -0.2) is 8.78 Å². The van der Waals surface area contributed by atoms with E-state index in [2.05, 4.69) is 21.8 Å². The maximum absolute atomic E-state index is 15.0. The molecule has 0 aliphatic carbocycles. The number of carbonyl (C=O) groups excluding carboxylic acids is 1. The highest BCUT2D eigenvalue weighted by atomic mass is 19.1. The average Bonchev–Trinajstić information content (AvgIpc) is 3.21. The van der Waals surface area contributed by atoms with E-state index in [4.69, 9.17) is 0 Å². The molecule has 2 aromatic heterocycles. The highest BCUT2D eigenvalue weighted by molar-refractivity contribution is 5.87. The fraction of sp³-hybridized carbons (Fsp3) is 0.211. The number of amides is 1. The number of aromatic amines is 1. The molecule has 1 fully saturated rings. The molecular weight excluding hydrogens is 354 g/mol. The van der Waals surface area contributed by atoms with Crippen LogP contribution in [0.1, 0.15) is 11.6 Å². The zero-order valence-electron chi connectivity index (χ0n) is 14.2. The number of benzene rings is 1. The van der Waals surface area contributed by atoms with Gasteiger partial charge in [0, 0.05) is 12.1 Å². The lowest BCUT2D eigenvalue weighted by Crippen LogP contribution is -2.27. The van der Waals surface area contributed by atoms with Crippen LogP contribution in [0.4, 0.5) is 8.78 Å². The number of fused-ring (bicyclic) bond motifs is 1. The lowest BCUT2D eigenvalue weighted by Gasteiger charge is -2.12. The second kappa shape index (κ2) is 6.46. The highest BCUT2D eigenvalue weighted by Crippen LogP contribution is 2.35. The van der Waals surface area contributed by atoms with Crippen LogP contribution >= 0.6 is 0 Å². The van der Waals surface area contributed by atoms with Gasteiger partial charge in [0.25, 0.3) is 0 Å². The summed E-state index contributed by atoms with van der Waals surface area (Å²) in [4.78, 5) is 15.8. The largest absolute Gasteiger partial charge is 0.507 e. The summed E-state index contributed by atoms with van der Waals surface area (Å²) in [5.41, 5.74) is 0.959. The number of H-pyrrole nitrogens is 1. The van der Waals surface area contributed by atoms with Crippen LogP contribution in [0.5, 0.6) is 5.75 Å². The van der Waals surface area contributed by atoms with Crippen molar-refractivity contribution in [1.82, 2.24) is 20.1 Å². The van der Waals surface area contributed by atoms with Crippen molar-refractivity contribution in [3.05, 3.63) is 54.5 Å². The number of nitrogens with zero attached hydrogens (tertiary/aromatic N) is 3. The van der Waals surface area contributed by atoms with Gasteiger partial charge in [0.2, 0.25) is 5.91 Å². The Balaban J connectivity index is 1.74. The third kappa shape index (κ3) is 2.83. The number of nitrogens with one attached hydrogen (secondary N) is 1. The van der Waals surface area contributed by atoms with Gasteiger partial charge in [-0.1, -0.05) is 18.7 Å². The van der Waals surface area contributed by atoms with Gasteiger partial charge in [0.05, 0.1) is 29.2 Å². The number of hydrogen-bond donors (Lipinski definition) is 2. The van der Waals surface area contributed by atoms with E-state index in [1.807, 2.05) is 0 Å². The van der Waals surface area contributed by atoms with Crippen LogP contribution in [-0.2, 0) is 4.79 Å². The number of rotatable bonds is 3. The Morgan fingerprint density at radius 3 is 2.85 bits per heavy atom. The van der Waals surface area contributed by atoms with Gasteiger partial charge in [0.1, 0.15) is 11.9 Å². The zero-order valence-corrected chi connectivity index (χ0v) is 14.2. The van der Waals surface area contributed by atoms with Gasteiger partial charge in [-0.15, -0.1) is 10.2 Å². The van der Waals surface area contributed by atoms with E-state index in [0.29, 0.717) is 11.3 Å². The maximum Gasteiger partial charge on any atom is 0.246 e. The molecule has 0 unspecified atom stereocenters. The van der Waals surface area contributed by atoms with Crippen LogP contribution < -0.4 is 0 Å². The number of halogens is 2. The van der Waals surface area contributed by atoms with E-state index >= 15 is 4.39 Å². The molecular formula is C19H16F2N4O2. The van der Waals surface area contributed by atoms with Gasteiger partial charge in [-0.3, -0.25) is 4.79 Å². The molecule has 4 rings (SSSR count).